The van der Waals surface area contributed by atoms with Crippen LogP contribution >= 0.6 is 0 Å². The fraction of sp³-hybridized carbons (Fsp3) is 0.379. The Kier molecular flexibility index (Phi) is 7.29. The highest BCUT2D eigenvalue weighted by atomic mass is 19.1. The maximum atomic E-state index is 15.1. The zero-order valence-electron chi connectivity index (χ0n) is 22.2. The molecule has 3 aromatic rings. The van der Waals surface area contributed by atoms with Gasteiger partial charge in [0.1, 0.15) is 17.3 Å². The molecule has 0 atom stereocenters. The van der Waals surface area contributed by atoms with Gasteiger partial charge in [0, 0.05) is 54.2 Å². The SMILES string of the molecule is CC(C)N1CC=Cc2c(F)cc(-c3nc(Nc4ccc(N5CCC(N(C)C)CC5)c(F)c4)ncc3F)cc21. The molecule has 0 spiro atoms. The van der Waals surface area contributed by atoms with Crippen molar-refractivity contribution in [2.45, 2.75) is 38.8 Å². The van der Waals surface area contributed by atoms with Crippen molar-refractivity contribution in [3.63, 3.8) is 0 Å². The van der Waals surface area contributed by atoms with Crippen molar-refractivity contribution in [2.75, 3.05) is 48.8 Å². The zero-order chi connectivity index (χ0) is 27.0. The number of anilines is 4. The van der Waals surface area contributed by atoms with Crippen molar-refractivity contribution < 1.29 is 13.2 Å². The van der Waals surface area contributed by atoms with E-state index in [1.54, 1.807) is 24.3 Å². The van der Waals surface area contributed by atoms with E-state index in [2.05, 4.69) is 39.2 Å². The Labute approximate surface area is 221 Å². The average molecular weight is 523 g/mol. The summed E-state index contributed by atoms with van der Waals surface area (Å²) in [4.78, 5) is 14.7. The predicted octanol–water partition coefficient (Wildman–Crippen LogP) is 6.08. The molecule has 1 fully saturated rings. The lowest BCUT2D eigenvalue weighted by molar-refractivity contribution is 0.249. The first kappa shape index (κ1) is 26.0. The van der Waals surface area contributed by atoms with E-state index in [-0.39, 0.29) is 23.5 Å². The summed E-state index contributed by atoms with van der Waals surface area (Å²) >= 11 is 0. The fourth-order valence-electron chi connectivity index (χ4n) is 5.24. The van der Waals surface area contributed by atoms with Crippen molar-refractivity contribution >= 4 is 29.1 Å². The van der Waals surface area contributed by atoms with E-state index in [4.69, 9.17) is 0 Å². The van der Waals surface area contributed by atoms with Gasteiger partial charge >= 0.3 is 0 Å². The first-order valence-electron chi connectivity index (χ1n) is 13.0. The molecule has 1 saturated heterocycles. The molecule has 0 bridgehead atoms. The summed E-state index contributed by atoms with van der Waals surface area (Å²) in [5.41, 5.74) is 2.46. The average Bonchev–Trinajstić information content (AvgIpc) is 2.89. The van der Waals surface area contributed by atoms with Gasteiger partial charge in [0.25, 0.3) is 0 Å². The highest BCUT2D eigenvalue weighted by Crippen LogP contribution is 2.35. The van der Waals surface area contributed by atoms with Crippen LogP contribution in [0.4, 0.5) is 36.2 Å². The zero-order valence-corrected chi connectivity index (χ0v) is 22.2. The maximum absolute atomic E-state index is 15.1. The van der Waals surface area contributed by atoms with Crippen molar-refractivity contribution in [1.29, 1.82) is 0 Å². The predicted molar refractivity (Wildman–Crippen MR) is 148 cm³/mol. The standard InChI is InChI=1S/C29H33F3N6/c1-18(2)38-11-5-6-22-23(30)14-19(15-27(22)38)28-25(32)17-33-29(35-28)34-20-7-8-26(24(31)16-20)37-12-9-21(10-13-37)36(3)4/h5-8,14-18,21H,9-13H2,1-4H3,(H,33,34,35). The van der Waals surface area contributed by atoms with Gasteiger partial charge in [-0.3, -0.25) is 0 Å². The Morgan fingerprint density at radius 3 is 2.42 bits per heavy atom. The molecule has 1 N–H and O–H groups in total. The number of halogens is 3. The van der Waals surface area contributed by atoms with E-state index >= 15 is 8.78 Å². The van der Waals surface area contributed by atoms with Gasteiger partial charge in [0.15, 0.2) is 5.82 Å². The third-order valence-electron chi connectivity index (χ3n) is 7.38. The molecule has 2 aliphatic heterocycles. The van der Waals surface area contributed by atoms with Gasteiger partial charge in [-0.15, -0.1) is 0 Å². The lowest BCUT2D eigenvalue weighted by atomic mass is 10.0. The van der Waals surface area contributed by atoms with Crippen LogP contribution in [0.2, 0.25) is 0 Å². The van der Waals surface area contributed by atoms with Gasteiger partial charge in [-0.1, -0.05) is 12.2 Å². The summed E-state index contributed by atoms with van der Waals surface area (Å²) in [5.74, 6) is -1.36. The number of fused-ring (bicyclic) bond motifs is 1. The topological polar surface area (TPSA) is 47.5 Å². The summed E-state index contributed by atoms with van der Waals surface area (Å²) in [7, 11) is 4.15. The summed E-state index contributed by atoms with van der Waals surface area (Å²) in [6, 6.07) is 8.58. The van der Waals surface area contributed by atoms with Gasteiger partial charge in [0.2, 0.25) is 5.95 Å². The van der Waals surface area contributed by atoms with Crippen molar-refractivity contribution in [1.82, 2.24) is 14.9 Å². The van der Waals surface area contributed by atoms with Crippen LogP contribution in [0.5, 0.6) is 0 Å². The minimum Gasteiger partial charge on any atom is -0.369 e. The van der Waals surface area contributed by atoms with Gasteiger partial charge < -0.3 is 20.0 Å². The lowest BCUT2D eigenvalue weighted by Crippen LogP contribution is -2.42. The van der Waals surface area contributed by atoms with Crippen molar-refractivity contribution in [3.05, 3.63) is 65.6 Å². The Morgan fingerprint density at radius 2 is 1.74 bits per heavy atom. The van der Waals surface area contributed by atoms with Crippen LogP contribution in [0.15, 0.2) is 42.6 Å². The van der Waals surface area contributed by atoms with Crippen LogP contribution in [0.3, 0.4) is 0 Å². The molecule has 0 amide bonds. The number of benzene rings is 2. The molecular weight excluding hydrogens is 489 g/mol. The minimum absolute atomic E-state index is 0.0247. The first-order valence-corrected chi connectivity index (χ1v) is 13.0. The van der Waals surface area contributed by atoms with Crippen LogP contribution in [0.1, 0.15) is 32.3 Å². The lowest BCUT2D eigenvalue weighted by Gasteiger charge is -2.36. The minimum atomic E-state index is -0.667. The number of nitrogens with zero attached hydrogens (tertiary/aromatic N) is 5. The highest BCUT2D eigenvalue weighted by Gasteiger charge is 2.24. The Bertz CT molecular complexity index is 1350. The van der Waals surface area contributed by atoms with Crippen LogP contribution < -0.4 is 15.1 Å². The molecule has 0 saturated carbocycles. The number of aromatic nitrogens is 2. The molecule has 1 aromatic heterocycles. The molecule has 9 heteroatoms. The third-order valence-corrected chi connectivity index (χ3v) is 7.38. The van der Waals surface area contributed by atoms with E-state index in [0.717, 1.165) is 32.1 Å². The van der Waals surface area contributed by atoms with E-state index in [0.29, 0.717) is 40.8 Å². The second-order valence-corrected chi connectivity index (χ2v) is 10.4. The highest BCUT2D eigenvalue weighted by molar-refractivity contribution is 5.78. The number of piperidine rings is 1. The molecule has 2 aliphatic rings. The Hall–Kier alpha value is -3.59. The van der Waals surface area contributed by atoms with Gasteiger partial charge in [-0.2, -0.15) is 0 Å². The van der Waals surface area contributed by atoms with E-state index in [1.165, 1.54) is 12.1 Å². The quantitative estimate of drug-likeness (QED) is 0.424. The summed E-state index contributed by atoms with van der Waals surface area (Å²) in [6.45, 7) is 6.27. The van der Waals surface area contributed by atoms with Crippen LogP contribution in [0.25, 0.3) is 17.3 Å². The second-order valence-electron chi connectivity index (χ2n) is 10.4. The van der Waals surface area contributed by atoms with Crippen molar-refractivity contribution in [3.8, 4) is 11.3 Å². The molecule has 2 aromatic carbocycles. The van der Waals surface area contributed by atoms with Gasteiger partial charge in [0.05, 0.1) is 11.9 Å². The molecule has 200 valence electrons. The first-order chi connectivity index (χ1) is 18.2. The maximum Gasteiger partial charge on any atom is 0.227 e. The largest absolute Gasteiger partial charge is 0.369 e. The molecule has 6 nitrogen and oxygen atoms in total. The third kappa shape index (κ3) is 5.20. The molecule has 0 radical (unpaired) electrons. The molecule has 5 rings (SSSR count). The second kappa shape index (κ2) is 10.6. The van der Waals surface area contributed by atoms with E-state index < -0.39 is 11.6 Å². The normalized spacial score (nSPS) is 15.9. The number of hydrogen-bond acceptors (Lipinski definition) is 6. The Balaban J connectivity index is 1.38. The summed E-state index contributed by atoms with van der Waals surface area (Å²) < 4.78 is 44.9. The van der Waals surface area contributed by atoms with Crippen molar-refractivity contribution in [2.24, 2.45) is 0 Å². The smallest absolute Gasteiger partial charge is 0.227 e. The Morgan fingerprint density at radius 1 is 0.974 bits per heavy atom. The molecule has 0 aliphatic carbocycles. The summed E-state index contributed by atoms with van der Waals surface area (Å²) in [6.07, 6.45) is 6.66. The number of rotatable bonds is 6. The van der Waals surface area contributed by atoms with E-state index in [9.17, 15) is 4.39 Å². The van der Waals surface area contributed by atoms with Crippen LogP contribution in [0, 0.1) is 17.5 Å². The number of nitrogens with one attached hydrogen (secondary N) is 1. The van der Waals surface area contributed by atoms with Gasteiger partial charge in [-0.25, -0.2) is 23.1 Å². The number of hydrogen-bond donors (Lipinski definition) is 1. The van der Waals surface area contributed by atoms with Crippen LogP contribution in [-0.4, -0.2) is 60.7 Å². The van der Waals surface area contributed by atoms with Crippen LogP contribution in [-0.2, 0) is 0 Å². The summed E-state index contributed by atoms with van der Waals surface area (Å²) in [5, 5.41) is 2.97. The monoisotopic (exact) mass is 522 g/mol. The fourth-order valence-corrected chi connectivity index (χ4v) is 5.24. The van der Waals surface area contributed by atoms with Gasteiger partial charge in [-0.05, 0) is 71.1 Å². The molecule has 3 heterocycles. The molecular formula is C29H33F3N6. The molecule has 38 heavy (non-hydrogen) atoms. The molecule has 0 unspecified atom stereocenters. The van der Waals surface area contributed by atoms with E-state index in [1.807, 2.05) is 24.8 Å².